The molecule has 2 aliphatic heterocycles. The molecular weight excluding hydrogens is 356 g/mol. The van der Waals surface area contributed by atoms with Crippen LogP contribution in [0.3, 0.4) is 0 Å². The van der Waals surface area contributed by atoms with Crippen LogP contribution in [0.5, 0.6) is 5.75 Å². The summed E-state index contributed by atoms with van der Waals surface area (Å²) in [7, 11) is 0. The molecule has 2 aliphatic rings. The molecule has 1 saturated heterocycles. The summed E-state index contributed by atoms with van der Waals surface area (Å²) in [6, 6.07) is 5.95. The Hall–Kier alpha value is -2.37. The van der Waals surface area contributed by atoms with E-state index < -0.39 is 5.79 Å². The number of hydrogen-bond donors (Lipinski definition) is 0. The highest BCUT2D eigenvalue weighted by Crippen LogP contribution is 2.47. The third kappa shape index (κ3) is 4.37. The summed E-state index contributed by atoms with van der Waals surface area (Å²) in [6.07, 6.45) is 9.03. The zero-order valence-corrected chi connectivity index (χ0v) is 16.6. The number of ether oxygens (including phenoxy) is 4. The van der Waals surface area contributed by atoms with Crippen molar-refractivity contribution in [2.45, 2.75) is 45.0 Å². The maximum Gasteiger partial charge on any atom is 0.306 e. The molecule has 1 unspecified atom stereocenters. The first-order valence-electron chi connectivity index (χ1n) is 9.80. The van der Waals surface area contributed by atoms with Crippen LogP contribution in [0.1, 0.15) is 37.8 Å². The van der Waals surface area contributed by atoms with Gasteiger partial charge in [0.1, 0.15) is 11.9 Å². The first kappa shape index (κ1) is 20.4. The van der Waals surface area contributed by atoms with E-state index in [1.54, 1.807) is 6.08 Å². The van der Waals surface area contributed by atoms with Gasteiger partial charge in [-0.1, -0.05) is 36.9 Å². The summed E-state index contributed by atoms with van der Waals surface area (Å²) in [4.78, 5) is 11.7. The molecule has 1 aromatic rings. The lowest BCUT2D eigenvalue weighted by atomic mass is 9.89. The van der Waals surface area contributed by atoms with Gasteiger partial charge in [0.25, 0.3) is 0 Å². The van der Waals surface area contributed by atoms with E-state index in [1.807, 2.05) is 50.3 Å². The van der Waals surface area contributed by atoms with Crippen molar-refractivity contribution in [2.75, 3.05) is 19.8 Å². The zero-order valence-electron chi connectivity index (χ0n) is 16.6. The molecule has 5 heteroatoms. The summed E-state index contributed by atoms with van der Waals surface area (Å²) in [5.74, 6) is -0.261. The van der Waals surface area contributed by atoms with E-state index in [2.05, 4.69) is 6.58 Å². The highest BCUT2D eigenvalue weighted by Gasteiger charge is 2.47. The topological polar surface area (TPSA) is 54.0 Å². The molecule has 2 heterocycles. The molecule has 0 aliphatic carbocycles. The number of allylic oxidation sites excluding steroid dienone is 3. The SMILES string of the molecule is C=CC=C(C=CC)C1CC2(OCCO2)c2cc(CCC(=O)OCC)ccc2O1. The highest BCUT2D eigenvalue weighted by atomic mass is 16.7. The lowest BCUT2D eigenvalue weighted by Gasteiger charge is -2.39. The summed E-state index contributed by atoms with van der Waals surface area (Å²) >= 11 is 0. The second-order valence-electron chi connectivity index (χ2n) is 6.80. The first-order valence-corrected chi connectivity index (χ1v) is 9.80. The number of aryl methyl sites for hydroxylation is 1. The van der Waals surface area contributed by atoms with Crippen LogP contribution in [0.25, 0.3) is 0 Å². The van der Waals surface area contributed by atoms with E-state index in [1.165, 1.54) is 0 Å². The van der Waals surface area contributed by atoms with Gasteiger partial charge in [-0.25, -0.2) is 0 Å². The Morgan fingerprint density at radius 1 is 1.36 bits per heavy atom. The largest absolute Gasteiger partial charge is 0.485 e. The van der Waals surface area contributed by atoms with E-state index in [-0.39, 0.29) is 12.1 Å². The molecule has 0 amide bonds. The molecule has 28 heavy (non-hydrogen) atoms. The Balaban J connectivity index is 1.88. The molecule has 0 saturated carbocycles. The molecule has 1 spiro atoms. The van der Waals surface area contributed by atoms with E-state index in [0.717, 1.165) is 22.4 Å². The van der Waals surface area contributed by atoms with Crippen LogP contribution in [0.15, 0.2) is 54.7 Å². The monoisotopic (exact) mass is 384 g/mol. The maximum absolute atomic E-state index is 11.7. The van der Waals surface area contributed by atoms with Crippen LogP contribution in [-0.2, 0) is 31.2 Å². The van der Waals surface area contributed by atoms with Gasteiger partial charge in [0, 0.05) is 12.8 Å². The minimum absolute atomic E-state index is 0.190. The van der Waals surface area contributed by atoms with E-state index >= 15 is 0 Å². The lowest BCUT2D eigenvalue weighted by molar-refractivity contribution is -0.190. The number of carbonyl (C=O) groups is 1. The Kier molecular flexibility index (Phi) is 6.70. The van der Waals surface area contributed by atoms with Gasteiger partial charge >= 0.3 is 5.97 Å². The van der Waals surface area contributed by atoms with Gasteiger partial charge in [0.05, 0.1) is 25.4 Å². The maximum atomic E-state index is 11.7. The first-order chi connectivity index (χ1) is 13.6. The number of fused-ring (bicyclic) bond motifs is 2. The quantitative estimate of drug-likeness (QED) is 0.520. The van der Waals surface area contributed by atoms with Crippen LogP contribution in [0.2, 0.25) is 0 Å². The van der Waals surface area contributed by atoms with Crippen molar-refractivity contribution < 1.29 is 23.7 Å². The van der Waals surface area contributed by atoms with Gasteiger partial charge < -0.3 is 18.9 Å². The Morgan fingerprint density at radius 2 is 2.14 bits per heavy atom. The molecule has 150 valence electrons. The minimum atomic E-state index is -0.819. The van der Waals surface area contributed by atoms with Gasteiger partial charge in [-0.15, -0.1) is 0 Å². The second-order valence-corrected chi connectivity index (χ2v) is 6.80. The summed E-state index contributed by atoms with van der Waals surface area (Å²) < 4.78 is 23.5. The van der Waals surface area contributed by atoms with Crippen molar-refractivity contribution in [1.82, 2.24) is 0 Å². The molecule has 0 radical (unpaired) electrons. The third-order valence-corrected chi connectivity index (χ3v) is 4.90. The predicted molar refractivity (Wildman–Crippen MR) is 107 cm³/mol. The molecule has 0 N–H and O–H groups in total. The number of hydrogen-bond acceptors (Lipinski definition) is 5. The minimum Gasteiger partial charge on any atom is -0.485 e. The predicted octanol–water partition coefficient (Wildman–Crippen LogP) is 4.22. The molecule has 1 aromatic carbocycles. The fourth-order valence-electron chi connectivity index (χ4n) is 3.67. The summed E-state index contributed by atoms with van der Waals surface area (Å²) in [6.45, 7) is 9.08. The standard InChI is InChI=1S/C23H28O5/c1-4-7-18(8-5-2)21-16-23(26-13-14-27-23)19-15-17(9-11-20(19)28-21)10-12-22(24)25-6-3/h4-5,7-9,11,15,21H,1,6,10,12-14,16H2,2-3H3. The second kappa shape index (κ2) is 9.22. The zero-order chi connectivity index (χ0) is 20.0. The Bertz CT molecular complexity index is 771. The summed E-state index contributed by atoms with van der Waals surface area (Å²) in [5, 5.41) is 0. The summed E-state index contributed by atoms with van der Waals surface area (Å²) in [5.41, 5.74) is 2.94. The van der Waals surface area contributed by atoms with Gasteiger partial charge in [0.15, 0.2) is 0 Å². The van der Waals surface area contributed by atoms with Crippen LogP contribution in [0, 0.1) is 0 Å². The number of rotatable bonds is 7. The molecule has 1 fully saturated rings. The Labute approximate surface area is 166 Å². The van der Waals surface area contributed by atoms with Gasteiger partial charge in [-0.05, 0) is 43.5 Å². The normalized spacial score (nSPS) is 20.8. The fraction of sp³-hybridized carbons (Fsp3) is 0.435. The van der Waals surface area contributed by atoms with Crippen molar-refractivity contribution in [2.24, 2.45) is 0 Å². The third-order valence-electron chi connectivity index (χ3n) is 4.90. The number of benzene rings is 1. The number of esters is 1. The molecular formula is C23H28O5. The molecule has 3 rings (SSSR count). The fourth-order valence-corrected chi connectivity index (χ4v) is 3.67. The number of carbonyl (C=O) groups excluding carboxylic acids is 1. The van der Waals surface area contributed by atoms with E-state index in [9.17, 15) is 4.79 Å². The van der Waals surface area contributed by atoms with Crippen LogP contribution in [0.4, 0.5) is 0 Å². The van der Waals surface area contributed by atoms with E-state index in [4.69, 9.17) is 18.9 Å². The smallest absolute Gasteiger partial charge is 0.306 e. The van der Waals surface area contributed by atoms with Crippen molar-refractivity contribution in [3.63, 3.8) is 0 Å². The highest BCUT2D eigenvalue weighted by molar-refractivity contribution is 5.69. The average molecular weight is 384 g/mol. The molecule has 1 atom stereocenters. The van der Waals surface area contributed by atoms with Crippen molar-refractivity contribution in [3.8, 4) is 5.75 Å². The van der Waals surface area contributed by atoms with E-state index in [0.29, 0.717) is 39.1 Å². The Morgan fingerprint density at radius 3 is 2.82 bits per heavy atom. The molecule has 0 aromatic heterocycles. The van der Waals surface area contributed by atoms with Crippen molar-refractivity contribution in [1.29, 1.82) is 0 Å². The lowest BCUT2D eigenvalue weighted by Crippen LogP contribution is -2.40. The van der Waals surface area contributed by atoms with Crippen LogP contribution < -0.4 is 4.74 Å². The van der Waals surface area contributed by atoms with Gasteiger partial charge in [-0.2, -0.15) is 0 Å². The van der Waals surface area contributed by atoms with Crippen LogP contribution in [-0.4, -0.2) is 31.9 Å². The van der Waals surface area contributed by atoms with Crippen molar-refractivity contribution >= 4 is 5.97 Å². The van der Waals surface area contributed by atoms with Gasteiger partial charge in [0.2, 0.25) is 5.79 Å². The van der Waals surface area contributed by atoms with Crippen LogP contribution >= 0.6 is 0 Å². The molecule has 5 nitrogen and oxygen atoms in total. The van der Waals surface area contributed by atoms with Gasteiger partial charge in [-0.3, -0.25) is 4.79 Å². The average Bonchev–Trinajstić information content (AvgIpc) is 3.15. The van der Waals surface area contributed by atoms with Crippen molar-refractivity contribution in [3.05, 3.63) is 65.8 Å². The molecule has 0 bridgehead atoms.